The molecule has 4 aromatic rings. The maximum absolute atomic E-state index is 12.8. The van der Waals surface area contributed by atoms with Crippen LogP contribution >= 0.6 is 0 Å². The van der Waals surface area contributed by atoms with Crippen LogP contribution < -0.4 is 5.32 Å². The molecule has 200 valence electrons. The minimum Gasteiger partial charge on any atom is -0.353 e. The van der Waals surface area contributed by atoms with Crippen molar-refractivity contribution in [1.29, 1.82) is 0 Å². The first-order valence-electron chi connectivity index (χ1n) is 13.5. The number of sulfone groups is 1. The van der Waals surface area contributed by atoms with Gasteiger partial charge in [-0.1, -0.05) is 72.8 Å². The van der Waals surface area contributed by atoms with E-state index in [0.29, 0.717) is 11.4 Å². The van der Waals surface area contributed by atoms with E-state index in [2.05, 4.69) is 46.6 Å². The third-order valence-electron chi connectivity index (χ3n) is 7.22. The van der Waals surface area contributed by atoms with Crippen LogP contribution in [0.2, 0.25) is 0 Å². The summed E-state index contributed by atoms with van der Waals surface area (Å²) in [4.78, 5) is 15.0. The van der Waals surface area contributed by atoms with Gasteiger partial charge in [0.2, 0.25) is 5.91 Å². The summed E-state index contributed by atoms with van der Waals surface area (Å²) in [6.45, 7) is 3.42. The normalized spacial score (nSPS) is 13.9. The molecule has 5 nitrogen and oxygen atoms in total. The summed E-state index contributed by atoms with van der Waals surface area (Å²) in [5.41, 5.74) is 4.36. The molecule has 1 N–H and O–H groups in total. The number of unbranched alkanes of at least 4 members (excludes halogenated alkanes) is 1. The molecule has 1 amide bonds. The lowest BCUT2D eigenvalue weighted by atomic mass is 9.97. The minimum atomic E-state index is -3.36. The fraction of sp³-hybridized carbons (Fsp3) is 0.242. The number of fused-ring (bicyclic) bond motifs is 2. The number of benzene rings is 4. The van der Waals surface area contributed by atoms with E-state index in [0.717, 1.165) is 55.4 Å². The molecule has 39 heavy (non-hydrogen) atoms. The summed E-state index contributed by atoms with van der Waals surface area (Å²) in [5, 5.41) is 5.33. The Morgan fingerprint density at radius 1 is 0.846 bits per heavy atom. The molecule has 1 heterocycles. The van der Waals surface area contributed by atoms with Crippen molar-refractivity contribution in [2.75, 3.05) is 19.6 Å². The molecule has 1 aliphatic rings. The first-order chi connectivity index (χ1) is 19.0. The summed E-state index contributed by atoms with van der Waals surface area (Å²) in [5.74, 6) is -0.0627. The Morgan fingerprint density at radius 2 is 1.64 bits per heavy atom. The van der Waals surface area contributed by atoms with Crippen LogP contribution in [0.25, 0.3) is 16.8 Å². The highest BCUT2D eigenvalue weighted by atomic mass is 32.2. The largest absolute Gasteiger partial charge is 0.353 e. The predicted octanol–water partition coefficient (Wildman–Crippen LogP) is 5.78. The third kappa shape index (κ3) is 7.22. The first-order valence-corrected chi connectivity index (χ1v) is 15.2. The van der Waals surface area contributed by atoms with E-state index in [-0.39, 0.29) is 11.7 Å². The van der Waals surface area contributed by atoms with Gasteiger partial charge in [0.1, 0.15) is 0 Å². The molecule has 0 fully saturated rings. The van der Waals surface area contributed by atoms with Crippen LogP contribution in [0.4, 0.5) is 0 Å². The van der Waals surface area contributed by atoms with E-state index >= 15 is 0 Å². The zero-order chi connectivity index (χ0) is 27.1. The standard InChI is InChI=1S/C33H34N2O3S/c36-33(17-14-26-12-15-28-8-4-5-9-30(28)22-26)34-19-6-7-20-35-21-18-29-16-13-27(23-31(29)24-35)25-39(37,38)32-10-2-1-3-11-32/h1-5,8-17,22-23H,6-7,18-21,24-25H2,(H,34,36). The molecule has 0 atom stereocenters. The zero-order valence-electron chi connectivity index (χ0n) is 22.1. The van der Waals surface area contributed by atoms with Crippen LogP contribution in [0.1, 0.15) is 35.1 Å². The molecule has 0 saturated carbocycles. The third-order valence-corrected chi connectivity index (χ3v) is 8.93. The molecule has 0 saturated heterocycles. The predicted molar refractivity (Wildman–Crippen MR) is 158 cm³/mol. The van der Waals surface area contributed by atoms with Gasteiger partial charge in [0, 0.05) is 25.7 Å². The SMILES string of the molecule is O=C(C=Cc1ccc2ccccc2c1)NCCCCN1CCc2ccc(CS(=O)(=O)c3ccccc3)cc2C1. The maximum Gasteiger partial charge on any atom is 0.243 e. The van der Waals surface area contributed by atoms with Gasteiger partial charge >= 0.3 is 0 Å². The monoisotopic (exact) mass is 538 g/mol. The average molecular weight is 539 g/mol. The number of hydrogen-bond donors (Lipinski definition) is 1. The van der Waals surface area contributed by atoms with Crippen molar-refractivity contribution in [1.82, 2.24) is 10.2 Å². The molecule has 5 rings (SSSR count). The lowest BCUT2D eigenvalue weighted by Crippen LogP contribution is -2.32. The first kappa shape index (κ1) is 26.9. The smallest absolute Gasteiger partial charge is 0.243 e. The minimum absolute atomic E-state index is 0.0132. The maximum atomic E-state index is 12.8. The molecule has 0 radical (unpaired) electrons. The van der Waals surface area contributed by atoms with E-state index in [1.165, 1.54) is 16.5 Å². The van der Waals surface area contributed by atoms with Crippen molar-refractivity contribution < 1.29 is 13.2 Å². The molecule has 0 aliphatic carbocycles. The van der Waals surface area contributed by atoms with Crippen LogP contribution in [-0.4, -0.2) is 38.9 Å². The number of carbonyl (C=O) groups is 1. The zero-order valence-corrected chi connectivity index (χ0v) is 22.9. The van der Waals surface area contributed by atoms with Gasteiger partial charge in [-0.05, 0) is 83.1 Å². The Bertz CT molecular complexity index is 1580. The van der Waals surface area contributed by atoms with E-state index in [4.69, 9.17) is 0 Å². The van der Waals surface area contributed by atoms with Crippen LogP contribution in [0, 0.1) is 0 Å². The highest BCUT2D eigenvalue weighted by Gasteiger charge is 2.19. The number of carbonyl (C=O) groups excluding carboxylic acids is 1. The number of nitrogens with one attached hydrogen (secondary N) is 1. The van der Waals surface area contributed by atoms with Gasteiger partial charge in [-0.2, -0.15) is 0 Å². The molecule has 0 bridgehead atoms. The molecule has 1 aliphatic heterocycles. The second-order valence-electron chi connectivity index (χ2n) is 10.1. The number of nitrogens with zero attached hydrogens (tertiary/aromatic N) is 1. The Morgan fingerprint density at radius 3 is 2.49 bits per heavy atom. The van der Waals surface area contributed by atoms with Gasteiger partial charge in [-0.15, -0.1) is 0 Å². The fourth-order valence-corrected chi connectivity index (χ4v) is 6.45. The van der Waals surface area contributed by atoms with Crippen molar-refractivity contribution in [2.24, 2.45) is 0 Å². The molecular formula is C33H34N2O3S. The summed E-state index contributed by atoms with van der Waals surface area (Å²) in [7, 11) is -3.36. The summed E-state index contributed by atoms with van der Waals surface area (Å²) < 4.78 is 25.6. The van der Waals surface area contributed by atoms with Gasteiger partial charge in [0.25, 0.3) is 0 Å². The Labute approximate surface area is 231 Å². The van der Waals surface area contributed by atoms with Crippen LogP contribution in [0.5, 0.6) is 0 Å². The lowest BCUT2D eigenvalue weighted by Gasteiger charge is -2.29. The van der Waals surface area contributed by atoms with Crippen LogP contribution in [-0.2, 0) is 33.4 Å². The molecule has 0 aromatic heterocycles. The number of hydrogen-bond acceptors (Lipinski definition) is 4. The molecule has 0 spiro atoms. The second-order valence-corrected chi connectivity index (χ2v) is 12.1. The van der Waals surface area contributed by atoms with Crippen molar-refractivity contribution in [2.45, 2.75) is 36.5 Å². The van der Waals surface area contributed by atoms with Crippen molar-refractivity contribution in [3.8, 4) is 0 Å². The Hall–Kier alpha value is -3.74. The van der Waals surface area contributed by atoms with Crippen molar-refractivity contribution >= 4 is 32.6 Å². The number of amides is 1. The Kier molecular flexibility index (Phi) is 8.54. The van der Waals surface area contributed by atoms with Gasteiger partial charge in [0.05, 0.1) is 10.6 Å². The van der Waals surface area contributed by atoms with E-state index < -0.39 is 9.84 Å². The molecule has 6 heteroatoms. The van der Waals surface area contributed by atoms with Gasteiger partial charge in [-0.3, -0.25) is 9.69 Å². The lowest BCUT2D eigenvalue weighted by molar-refractivity contribution is -0.116. The molecule has 0 unspecified atom stereocenters. The van der Waals surface area contributed by atoms with Gasteiger partial charge < -0.3 is 5.32 Å². The van der Waals surface area contributed by atoms with Crippen molar-refractivity contribution in [3.63, 3.8) is 0 Å². The summed E-state index contributed by atoms with van der Waals surface area (Å²) in [6.07, 6.45) is 6.32. The fourth-order valence-electron chi connectivity index (χ4n) is 5.09. The highest BCUT2D eigenvalue weighted by Crippen LogP contribution is 2.23. The van der Waals surface area contributed by atoms with E-state index in [1.54, 1.807) is 30.3 Å². The van der Waals surface area contributed by atoms with E-state index in [1.807, 2.05) is 36.4 Å². The van der Waals surface area contributed by atoms with Gasteiger partial charge in [-0.25, -0.2) is 8.42 Å². The van der Waals surface area contributed by atoms with Crippen molar-refractivity contribution in [3.05, 3.63) is 119 Å². The highest BCUT2D eigenvalue weighted by molar-refractivity contribution is 7.90. The quantitative estimate of drug-likeness (QED) is 0.205. The number of rotatable bonds is 10. The molecular weight excluding hydrogens is 504 g/mol. The van der Waals surface area contributed by atoms with Crippen LogP contribution in [0.15, 0.2) is 102 Å². The summed E-state index contributed by atoms with van der Waals surface area (Å²) >= 11 is 0. The topological polar surface area (TPSA) is 66.5 Å². The second kappa shape index (κ2) is 12.4. The Balaban J connectivity index is 1.06. The summed E-state index contributed by atoms with van der Waals surface area (Å²) in [6, 6.07) is 29.1. The average Bonchev–Trinajstić information content (AvgIpc) is 2.96. The van der Waals surface area contributed by atoms with E-state index in [9.17, 15) is 13.2 Å². The van der Waals surface area contributed by atoms with Gasteiger partial charge in [0.15, 0.2) is 9.84 Å². The van der Waals surface area contributed by atoms with Crippen LogP contribution in [0.3, 0.4) is 0 Å². The molecule has 4 aromatic carbocycles.